The number of aromatic nitrogens is 4. The molecule has 0 spiro atoms. The van der Waals surface area contributed by atoms with Gasteiger partial charge in [0.2, 0.25) is 5.91 Å². The maximum atomic E-state index is 12.5. The van der Waals surface area contributed by atoms with Crippen molar-refractivity contribution < 1.29 is 13.9 Å². The molecule has 9 nitrogen and oxygen atoms in total. The first-order valence-electron chi connectivity index (χ1n) is 8.08. The van der Waals surface area contributed by atoms with Crippen molar-refractivity contribution in [2.75, 3.05) is 13.2 Å². The zero-order chi connectivity index (χ0) is 17.2. The lowest BCUT2D eigenvalue weighted by molar-refractivity contribution is -0.122. The van der Waals surface area contributed by atoms with E-state index in [2.05, 4.69) is 15.5 Å². The van der Waals surface area contributed by atoms with Crippen molar-refractivity contribution >= 4 is 11.4 Å². The summed E-state index contributed by atoms with van der Waals surface area (Å²) in [5, 5.41) is 11.0. The number of carbonyl (C=O) groups is 1. The van der Waals surface area contributed by atoms with Crippen LogP contribution in [-0.4, -0.2) is 44.6 Å². The number of amides is 1. The molecular formula is C16H17N5O4. The Balaban J connectivity index is 1.50. The van der Waals surface area contributed by atoms with Gasteiger partial charge in [0.15, 0.2) is 5.76 Å². The molecule has 130 valence electrons. The molecule has 1 aliphatic heterocycles. The molecule has 1 fully saturated rings. The first kappa shape index (κ1) is 15.6. The average molecular weight is 343 g/mol. The number of nitrogens with zero attached hydrogens (tertiary/aromatic N) is 4. The predicted octanol–water partition coefficient (Wildman–Crippen LogP) is 0.446. The van der Waals surface area contributed by atoms with Gasteiger partial charge in [0.1, 0.15) is 24.1 Å². The molecule has 0 saturated carbocycles. The molecule has 3 aromatic rings. The molecule has 1 aliphatic rings. The van der Waals surface area contributed by atoms with Gasteiger partial charge in [-0.25, -0.2) is 9.20 Å². The molecule has 0 bridgehead atoms. The molecular weight excluding hydrogens is 326 g/mol. The van der Waals surface area contributed by atoms with Crippen LogP contribution in [0.25, 0.3) is 17.0 Å². The van der Waals surface area contributed by atoms with Crippen LogP contribution in [0.1, 0.15) is 12.8 Å². The number of hydrogen-bond acceptors (Lipinski definition) is 6. The monoisotopic (exact) mass is 343 g/mol. The lowest BCUT2D eigenvalue weighted by atomic mass is 10.2. The standard InChI is InChI=1S/C16H17N5O4/c22-15(17-8-11-3-1-5-24-11)9-20-16(23)13-7-12(14-4-2-6-25-14)19-21(13)10-18-20/h2,4,6-7,10-11H,1,3,5,8-9H2,(H,17,22)/t11-/m0/s1. The quantitative estimate of drug-likeness (QED) is 0.721. The van der Waals surface area contributed by atoms with Crippen LogP contribution in [-0.2, 0) is 16.1 Å². The minimum Gasteiger partial charge on any atom is -0.463 e. The van der Waals surface area contributed by atoms with Crippen LogP contribution in [0.5, 0.6) is 0 Å². The summed E-state index contributed by atoms with van der Waals surface area (Å²) >= 11 is 0. The Morgan fingerprint density at radius 3 is 3.12 bits per heavy atom. The summed E-state index contributed by atoms with van der Waals surface area (Å²) in [6.07, 6.45) is 4.94. The van der Waals surface area contributed by atoms with E-state index in [-0.39, 0.29) is 24.1 Å². The highest BCUT2D eigenvalue weighted by molar-refractivity contribution is 5.75. The third kappa shape index (κ3) is 3.18. The molecule has 0 radical (unpaired) electrons. The number of fused-ring (bicyclic) bond motifs is 1. The van der Waals surface area contributed by atoms with E-state index >= 15 is 0 Å². The van der Waals surface area contributed by atoms with Gasteiger partial charge in [-0.3, -0.25) is 9.59 Å². The summed E-state index contributed by atoms with van der Waals surface area (Å²) < 4.78 is 13.2. The number of furan rings is 1. The molecule has 1 amide bonds. The van der Waals surface area contributed by atoms with Gasteiger partial charge in [0.05, 0.1) is 12.4 Å². The van der Waals surface area contributed by atoms with Gasteiger partial charge in [-0.2, -0.15) is 10.2 Å². The third-order valence-corrected chi connectivity index (χ3v) is 4.11. The van der Waals surface area contributed by atoms with E-state index in [9.17, 15) is 9.59 Å². The van der Waals surface area contributed by atoms with Crippen LogP contribution in [0.4, 0.5) is 0 Å². The second-order valence-corrected chi connectivity index (χ2v) is 5.87. The van der Waals surface area contributed by atoms with Crippen LogP contribution in [0.3, 0.4) is 0 Å². The molecule has 4 rings (SSSR count). The topological polar surface area (TPSA) is 104 Å². The molecule has 1 atom stereocenters. The average Bonchev–Trinajstić information content (AvgIpc) is 3.36. The maximum Gasteiger partial charge on any atom is 0.293 e. The number of carbonyl (C=O) groups excluding carboxylic acids is 1. The summed E-state index contributed by atoms with van der Waals surface area (Å²) in [6, 6.07) is 5.12. The first-order chi connectivity index (χ1) is 12.2. The van der Waals surface area contributed by atoms with Crippen LogP contribution in [0, 0.1) is 0 Å². The Morgan fingerprint density at radius 1 is 1.44 bits per heavy atom. The van der Waals surface area contributed by atoms with E-state index in [1.807, 2.05) is 0 Å². The minimum atomic E-state index is -0.389. The van der Waals surface area contributed by atoms with Gasteiger partial charge in [0.25, 0.3) is 5.56 Å². The third-order valence-electron chi connectivity index (χ3n) is 4.11. The smallest absolute Gasteiger partial charge is 0.293 e. The number of rotatable bonds is 5. The van der Waals surface area contributed by atoms with Crippen LogP contribution >= 0.6 is 0 Å². The molecule has 1 N–H and O–H groups in total. The zero-order valence-electron chi connectivity index (χ0n) is 13.4. The Bertz CT molecular complexity index is 937. The first-order valence-corrected chi connectivity index (χ1v) is 8.08. The van der Waals surface area contributed by atoms with E-state index < -0.39 is 0 Å². The van der Waals surface area contributed by atoms with E-state index in [0.29, 0.717) is 23.5 Å². The maximum absolute atomic E-state index is 12.5. The molecule has 1 saturated heterocycles. The minimum absolute atomic E-state index is 0.0572. The molecule has 9 heteroatoms. The highest BCUT2D eigenvalue weighted by atomic mass is 16.5. The van der Waals surface area contributed by atoms with Crippen molar-refractivity contribution in [3.05, 3.63) is 41.1 Å². The zero-order valence-corrected chi connectivity index (χ0v) is 13.4. The lowest BCUT2D eigenvalue weighted by Crippen LogP contribution is -2.37. The SMILES string of the molecule is O=C(Cn1ncn2nc(-c3ccco3)cc2c1=O)NC[C@@H]1CCCO1. The van der Waals surface area contributed by atoms with Crippen LogP contribution in [0.15, 0.2) is 40.0 Å². The summed E-state index contributed by atoms with van der Waals surface area (Å²) in [7, 11) is 0. The second kappa shape index (κ2) is 6.52. The van der Waals surface area contributed by atoms with E-state index in [0.717, 1.165) is 24.1 Å². The van der Waals surface area contributed by atoms with Gasteiger partial charge >= 0.3 is 0 Å². The number of ether oxygens (including phenoxy) is 1. The molecule has 0 unspecified atom stereocenters. The highest BCUT2D eigenvalue weighted by Gasteiger charge is 2.17. The summed E-state index contributed by atoms with van der Waals surface area (Å²) in [6.45, 7) is 1.03. The van der Waals surface area contributed by atoms with E-state index in [4.69, 9.17) is 9.15 Å². The summed E-state index contributed by atoms with van der Waals surface area (Å²) in [4.78, 5) is 24.6. The Labute approximate surface area is 142 Å². The fraction of sp³-hybridized carbons (Fsp3) is 0.375. The molecule has 3 aromatic heterocycles. The summed E-state index contributed by atoms with van der Waals surface area (Å²) in [5.74, 6) is 0.282. The van der Waals surface area contributed by atoms with Crippen LogP contribution in [0.2, 0.25) is 0 Å². The largest absolute Gasteiger partial charge is 0.463 e. The lowest BCUT2D eigenvalue weighted by Gasteiger charge is -2.11. The Kier molecular flexibility index (Phi) is 4.06. The van der Waals surface area contributed by atoms with Crippen molar-refractivity contribution in [2.24, 2.45) is 0 Å². The van der Waals surface area contributed by atoms with Crippen molar-refractivity contribution in [1.82, 2.24) is 24.7 Å². The molecule has 0 aromatic carbocycles. The van der Waals surface area contributed by atoms with Crippen LogP contribution < -0.4 is 10.9 Å². The highest BCUT2D eigenvalue weighted by Crippen LogP contribution is 2.18. The fourth-order valence-electron chi connectivity index (χ4n) is 2.82. The van der Waals surface area contributed by atoms with Crippen molar-refractivity contribution in [2.45, 2.75) is 25.5 Å². The van der Waals surface area contributed by atoms with E-state index in [1.54, 1.807) is 18.2 Å². The van der Waals surface area contributed by atoms with Gasteiger partial charge < -0.3 is 14.5 Å². The van der Waals surface area contributed by atoms with Crippen molar-refractivity contribution in [1.29, 1.82) is 0 Å². The van der Waals surface area contributed by atoms with Crippen molar-refractivity contribution in [3.63, 3.8) is 0 Å². The predicted molar refractivity (Wildman–Crippen MR) is 86.9 cm³/mol. The molecule has 25 heavy (non-hydrogen) atoms. The summed E-state index contributed by atoms with van der Waals surface area (Å²) in [5.41, 5.74) is 0.470. The molecule has 0 aliphatic carbocycles. The molecule has 4 heterocycles. The fourth-order valence-corrected chi connectivity index (χ4v) is 2.82. The van der Waals surface area contributed by atoms with Crippen molar-refractivity contribution in [3.8, 4) is 11.5 Å². The van der Waals surface area contributed by atoms with Gasteiger partial charge in [-0.05, 0) is 25.0 Å². The second-order valence-electron chi connectivity index (χ2n) is 5.87. The number of nitrogens with one attached hydrogen (secondary N) is 1. The normalized spacial score (nSPS) is 17.2. The van der Waals surface area contributed by atoms with Gasteiger partial charge in [-0.1, -0.05) is 0 Å². The van der Waals surface area contributed by atoms with E-state index in [1.165, 1.54) is 17.1 Å². The Morgan fingerprint density at radius 2 is 2.36 bits per heavy atom. The number of hydrogen-bond donors (Lipinski definition) is 1. The Hall–Kier alpha value is -2.94. The van der Waals surface area contributed by atoms with Gasteiger partial charge in [0, 0.05) is 19.2 Å². The van der Waals surface area contributed by atoms with Gasteiger partial charge in [-0.15, -0.1) is 0 Å².